The summed E-state index contributed by atoms with van der Waals surface area (Å²) in [7, 11) is 0. The van der Waals surface area contributed by atoms with Gasteiger partial charge in [0, 0.05) is 6.54 Å². The minimum absolute atomic E-state index is 0.0268. The monoisotopic (exact) mass is 339 g/mol. The summed E-state index contributed by atoms with van der Waals surface area (Å²) in [6, 6.07) is 7.21. The minimum atomic E-state index is -0.509. The third-order valence-corrected chi connectivity index (χ3v) is 3.71. The van der Waals surface area contributed by atoms with E-state index in [4.69, 9.17) is 12.2 Å². The molecule has 0 spiro atoms. The molecule has 0 bridgehead atoms. The van der Waals surface area contributed by atoms with Crippen molar-refractivity contribution in [2.45, 2.75) is 0 Å². The summed E-state index contributed by atoms with van der Waals surface area (Å²) in [5.41, 5.74) is 1.56. The van der Waals surface area contributed by atoms with E-state index in [1.54, 1.807) is 29.2 Å². The third-order valence-electron chi connectivity index (χ3n) is 3.38. The molecular formula is C16H13N5O2S. The van der Waals surface area contributed by atoms with Gasteiger partial charge in [0.2, 0.25) is 0 Å². The first kappa shape index (κ1) is 15.8. The van der Waals surface area contributed by atoms with Crippen LogP contribution in [0.2, 0.25) is 0 Å². The molecule has 0 radical (unpaired) electrons. The lowest BCUT2D eigenvalue weighted by atomic mass is 10.1. The maximum atomic E-state index is 12.4. The van der Waals surface area contributed by atoms with E-state index in [1.807, 2.05) is 12.1 Å². The van der Waals surface area contributed by atoms with E-state index >= 15 is 0 Å². The fourth-order valence-electron chi connectivity index (χ4n) is 2.22. The van der Waals surface area contributed by atoms with Crippen LogP contribution in [0.15, 0.2) is 55.1 Å². The molecule has 2 amide bonds. The van der Waals surface area contributed by atoms with Crippen molar-refractivity contribution < 1.29 is 9.59 Å². The Hall–Kier alpha value is -3.13. The van der Waals surface area contributed by atoms with Crippen LogP contribution < -0.4 is 5.32 Å². The van der Waals surface area contributed by atoms with Gasteiger partial charge >= 0.3 is 0 Å². The Labute approximate surface area is 143 Å². The number of hydrogen-bond donors (Lipinski definition) is 1. The lowest BCUT2D eigenvalue weighted by Crippen LogP contribution is -2.53. The first-order valence-corrected chi connectivity index (χ1v) is 7.46. The number of hydrogen-bond acceptors (Lipinski definition) is 5. The molecule has 0 aliphatic carbocycles. The fraction of sp³-hybridized carbons (Fsp3) is 0.0625. The molecule has 1 aliphatic rings. The predicted molar refractivity (Wildman–Crippen MR) is 92.0 cm³/mol. The van der Waals surface area contributed by atoms with Crippen molar-refractivity contribution in [1.82, 2.24) is 25.0 Å². The van der Waals surface area contributed by atoms with E-state index in [1.165, 1.54) is 17.3 Å². The van der Waals surface area contributed by atoms with Gasteiger partial charge in [-0.3, -0.25) is 19.8 Å². The molecule has 1 aliphatic heterocycles. The Kier molecular flexibility index (Phi) is 4.30. The molecule has 0 unspecified atom stereocenters. The van der Waals surface area contributed by atoms with Crippen molar-refractivity contribution in [3.8, 4) is 5.69 Å². The summed E-state index contributed by atoms with van der Waals surface area (Å²) in [6.07, 6.45) is 6.10. The zero-order chi connectivity index (χ0) is 17.1. The number of carbonyl (C=O) groups is 2. The smallest absolute Gasteiger partial charge is 0.265 e. The van der Waals surface area contributed by atoms with E-state index in [2.05, 4.69) is 22.0 Å². The number of rotatable bonds is 4. The lowest BCUT2D eigenvalue weighted by Gasteiger charge is -2.27. The highest BCUT2D eigenvalue weighted by atomic mass is 32.1. The van der Waals surface area contributed by atoms with Crippen LogP contribution >= 0.6 is 12.2 Å². The van der Waals surface area contributed by atoms with Crippen molar-refractivity contribution in [3.63, 3.8) is 0 Å². The first-order valence-electron chi connectivity index (χ1n) is 7.05. The number of thiocarbonyl (C=S) groups is 1. The summed E-state index contributed by atoms with van der Waals surface area (Å²) in [6.45, 7) is 3.82. The van der Waals surface area contributed by atoms with E-state index in [-0.39, 0.29) is 17.2 Å². The number of nitrogens with one attached hydrogen (secondary N) is 1. The molecule has 2 aromatic rings. The van der Waals surface area contributed by atoms with E-state index < -0.39 is 11.8 Å². The standard InChI is InChI=1S/C16H13N5O2S/c1-2-7-20-15(23)13(14(22)19-16(20)24)8-11-3-5-12(6-4-11)21-10-17-9-18-21/h2-6,8-10H,1,7H2,(H,19,22,24). The molecular weight excluding hydrogens is 326 g/mol. The van der Waals surface area contributed by atoms with Gasteiger partial charge in [-0.15, -0.1) is 6.58 Å². The van der Waals surface area contributed by atoms with Gasteiger partial charge in [0.15, 0.2) is 5.11 Å². The molecule has 120 valence electrons. The van der Waals surface area contributed by atoms with Crippen LogP contribution in [0.25, 0.3) is 11.8 Å². The zero-order valence-electron chi connectivity index (χ0n) is 12.5. The Morgan fingerprint density at radius 2 is 2.00 bits per heavy atom. The van der Waals surface area contributed by atoms with Crippen molar-refractivity contribution in [2.75, 3.05) is 6.54 Å². The third kappa shape index (κ3) is 2.99. The van der Waals surface area contributed by atoms with Crippen LogP contribution in [0.3, 0.4) is 0 Å². The summed E-state index contributed by atoms with van der Waals surface area (Å²) in [5, 5.41) is 6.63. The van der Waals surface area contributed by atoms with Crippen LogP contribution in [0, 0.1) is 0 Å². The Morgan fingerprint density at radius 3 is 2.62 bits per heavy atom. The average molecular weight is 339 g/mol. The van der Waals surface area contributed by atoms with Crippen molar-refractivity contribution in [3.05, 3.63) is 60.7 Å². The second-order valence-electron chi connectivity index (χ2n) is 4.95. The molecule has 1 N–H and O–H groups in total. The molecule has 1 saturated heterocycles. The molecule has 0 saturated carbocycles. The van der Waals surface area contributed by atoms with Crippen molar-refractivity contribution in [2.24, 2.45) is 0 Å². The van der Waals surface area contributed by atoms with Crippen LogP contribution in [-0.2, 0) is 9.59 Å². The lowest BCUT2D eigenvalue weighted by molar-refractivity contribution is -0.128. The summed E-state index contributed by atoms with van der Waals surface area (Å²) < 4.78 is 1.61. The number of carbonyl (C=O) groups excluding carboxylic acids is 2. The van der Waals surface area contributed by atoms with Gasteiger partial charge < -0.3 is 0 Å². The largest absolute Gasteiger partial charge is 0.298 e. The molecule has 8 heteroatoms. The van der Waals surface area contributed by atoms with Gasteiger partial charge in [0.05, 0.1) is 5.69 Å². The van der Waals surface area contributed by atoms with Crippen LogP contribution in [-0.4, -0.2) is 43.1 Å². The summed E-state index contributed by atoms with van der Waals surface area (Å²) >= 11 is 5.01. The number of benzene rings is 1. The molecule has 3 rings (SSSR count). The molecule has 24 heavy (non-hydrogen) atoms. The summed E-state index contributed by atoms with van der Waals surface area (Å²) in [4.78, 5) is 29.7. The topological polar surface area (TPSA) is 80.1 Å². The second kappa shape index (κ2) is 6.55. The highest BCUT2D eigenvalue weighted by molar-refractivity contribution is 7.80. The van der Waals surface area contributed by atoms with Crippen LogP contribution in [0.4, 0.5) is 0 Å². The van der Waals surface area contributed by atoms with E-state index in [0.717, 1.165) is 5.69 Å². The van der Waals surface area contributed by atoms with Crippen molar-refractivity contribution >= 4 is 35.2 Å². The van der Waals surface area contributed by atoms with E-state index in [0.29, 0.717) is 5.56 Å². The SMILES string of the molecule is C=CCN1C(=O)C(=Cc2ccc(-n3cncn3)cc2)C(=O)NC1=S. The van der Waals surface area contributed by atoms with Crippen LogP contribution in [0.1, 0.15) is 5.56 Å². The highest BCUT2D eigenvalue weighted by Crippen LogP contribution is 2.16. The Balaban J connectivity index is 1.89. The normalized spacial score (nSPS) is 16.4. The van der Waals surface area contributed by atoms with Gasteiger partial charge in [-0.2, -0.15) is 5.10 Å². The molecule has 1 aromatic carbocycles. The van der Waals surface area contributed by atoms with Gasteiger partial charge in [-0.25, -0.2) is 9.67 Å². The second-order valence-corrected chi connectivity index (χ2v) is 5.34. The average Bonchev–Trinajstić information content (AvgIpc) is 3.10. The van der Waals surface area contributed by atoms with E-state index in [9.17, 15) is 9.59 Å². The Bertz CT molecular complexity index is 840. The fourth-order valence-corrected chi connectivity index (χ4v) is 2.47. The van der Waals surface area contributed by atoms with Crippen molar-refractivity contribution in [1.29, 1.82) is 0 Å². The number of nitrogens with zero attached hydrogens (tertiary/aromatic N) is 4. The Morgan fingerprint density at radius 1 is 1.25 bits per heavy atom. The minimum Gasteiger partial charge on any atom is -0.298 e. The van der Waals surface area contributed by atoms with Gasteiger partial charge in [0.1, 0.15) is 18.2 Å². The zero-order valence-corrected chi connectivity index (χ0v) is 13.4. The van der Waals surface area contributed by atoms with Gasteiger partial charge in [-0.05, 0) is 36.0 Å². The number of amides is 2. The van der Waals surface area contributed by atoms with Gasteiger partial charge in [-0.1, -0.05) is 18.2 Å². The number of aromatic nitrogens is 3. The summed E-state index contributed by atoms with van der Waals surface area (Å²) in [5.74, 6) is -0.949. The molecule has 1 fully saturated rings. The van der Waals surface area contributed by atoms with Crippen LogP contribution in [0.5, 0.6) is 0 Å². The molecule has 7 nitrogen and oxygen atoms in total. The first-order chi connectivity index (χ1) is 11.6. The quantitative estimate of drug-likeness (QED) is 0.390. The maximum absolute atomic E-state index is 12.4. The molecule has 0 atom stereocenters. The predicted octanol–water partition coefficient (Wildman–Crippen LogP) is 1.08. The maximum Gasteiger partial charge on any atom is 0.265 e. The molecule has 1 aromatic heterocycles. The highest BCUT2D eigenvalue weighted by Gasteiger charge is 2.32. The molecule has 2 heterocycles. The van der Waals surface area contributed by atoms with Gasteiger partial charge in [0.25, 0.3) is 11.8 Å².